The lowest BCUT2D eigenvalue weighted by Crippen LogP contribution is -2.51. The number of benzene rings is 2. The van der Waals surface area contributed by atoms with Crippen LogP contribution in [0.5, 0.6) is 5.75 Å². The van der Waals surface area contributed by atoms with Gasteiger partial charge in [-0.1, -0.05) is 29.8 Å². The summed E-state index contributed by atoms with van der Waals surface area (Å²) >= 11 is 0. The third kappa shape index (κ3) is 5.34. The van der Waals surface area contributed by atoms with Gasteiger partial charge in [0, 0.05) is 44.1 Å². The van der Waals surface area contributed by atoms with Crippen molar-refractivity contribution >= 4 is 17.7 Å². The van der Waals surface area contributed by atoms with Crippen molar-refractivity contribution in [3.05, 3.63) is 70.9 Å². The summed E-state index contributed by atoms with van der Waals surface area (Å²) in [5.41, 5.74) is 4.28. The number of carbonyl (C=O) groups is 2. The number of urea groups is 1. The molecule has 2 aromatic carbocycles. The van der Waals surface area contributed by atoms with Crippen molar-refractivity contribution in [1.29, 1.82) is 0 Å². The van der Waals surface area contributed by atoms with E-state index in [0.29, 0.717) is 23.6 Å². The van der Waals surface area contributed by atoms with Crippen molar-refractivity contribution in [3.63, 3.8) is 0 Å². The van der Waals surface area contributed by atoms with Crippen LogP contribution in [0.4, 0.5) is 10.5 Å². The van der Waals surface area contributed by atoms with Crippen LogP contribution in [0.1, 0.15) is 24.1 Å². The average Bonchev–Trinajstić information content (AvgIpc) is 2.85. The molecule has 2 N–H and O–H groups in total. The van der Waals surface area contributed by atoms with Gasteiger partial charge in [-0.05, 0) is 43.7 Å². The monoisotopic (exact) mass is 464 g/mol. The molecule has 0 saturated carbocycles. The summed E-state index contributed by atoms with van der Waals surface area (Å²) in [6, 6.07) is 15.0. The number of amides is 2. The maximum atomic E-state index is 13.0. The minimum Gasteiger partial charge on any atom is -0.497 e. The lowest BCUT2D eigenvalue weighted by molar-refractivity contribution is -0.139. The zero-order valence-electron chi connectivity index (χ0n) is 20.0. The number of rotatable bonds is 7. The predicted molar refractivity (Wildman–Crippen MR) is 131 cm³/mol. The van der Waals surface area contributed by atoms with Crippen molar-refractivity contribution in [3.8, 4) is 5.75 Å². The van der Waals surface area contributed by atoms with Gasteiger partial charge in [0.2, 0.25) is 0 Å². The number of hydrogen-bond donors (Lipinski definition) is 2. The number of nitrogens with one attached hydrogen (secondary N) is 2. The second-order valence-electron chi connectivity index (χ2n) is 8.52. The number of ether oxygens (including phenoxy) is 2. The van der Waals surface area contributed by atoms with Gasteiger partial charge in [0.05, 0.1) is 25.3 Å². The molecule has 0 aliphatic carbocycles. The molecule has 1 atom stereocenters. The van der Waals surface area contributed by atoms with E-state index in [9.17, 15) is 9.59 Å². The SMILES string of the molecule is CCOC(=O)C1=C(CN2CCN(c3ccc(C)cc3)CC2)NC(=O)N[C@H]1c1ccc(OC)cc1. The van der Waals surface area contributed by atoms with Gasteiger partial charge in [-0.15, -0.1) is 0 Å². The standard InChI is InChI=1S/C26H32N4O4/c1-4-34-25(31)23-22(27-26(32)28-24(23)19-7-11-21(33-3)12-8-19)17-29-13-15-30(16-14-29)20-9-5-18(2)6-10-20/h5-12,24H,4,13-17H2,1-3H3,(H2,27,28,32)/t24-/m0/s1. The summed E-state index contributed by atoms with van der Waals surface area (Å²) in [5.74, 6) is 0.279. The highest BCUT2D eigenvalue weighted by atomic mass is 16.5. The predicted octanol–water partition coefficient (Wildman–Crippen LogP) is 3.00. The van der Waals surface area contributed by atoms with Gasteiger partial charge in [-0.25, -0.2) is 9.59 Å². The molecule has 0 spiro atoms. The zero-order chi connectivity index (χ0) is 24.1. The van der Waals surface area contributed by atoms with Crippen LogP contribution in [-0.2, 0) is 9.53 Å². The van der Waals surface area contributed by atoms with Gasteiger partial charge >= 0.3 is 12.0 Å². The lowest BCUT2D eigenvalue weighted by Gasteiger charge is -2.38. The van der Waals surface area contributed by atoms with E-state index in [2.05, 4.69) is 51.6 Å². The molecule has 2 aliphatic heterocycles. The second-order valence-corrected chi connectivity index (χ2v) is 8.52. The van der Waals surface area contributed by atoms with Crippen molar-refractivity contribution in [2.75, 3.05) is 51.3 Å². The van der Waals surface area contributed by atoms with Gasteiger partial charge < -0.3 is 25.0 Å². The Hall–Kier alpha value is -3.52. The molecule has 0 radical (unpaired) electrons. The summed E-state index contributed by atoms with van der Waals surface area (Å²) in [4.78, 5) is 30.2. The Morgan fingerprint density at radius 3 is 2.32 bits per heavy atom. The number of hydrogen-bond acceptors (Lipinski definition) is 6. The Kier molecular flexibility index (Phi) is 7.37. The van der Waals surface area contributed by atoms with Crippen LogP contribution in [0, 0.1) is 6.92 Å². The average molecular weight is 465 g/mol. The Labute approximate surface area is 200 Å². The number of nitrogens with zero attached hydrogens (tertiary/aromatic N) is 2. The van der Waals surface area contributed by atoms with Crippen LogP contribution in [-0.4, -0.2) is 63.3 Å². The Morgan fingerprint density at radius 2 is 1.71 bits per heavy atom. The number of methoxy groups -OCH3 is 1. The van der Waals surface area contributed by atoms with E-state index in [1.54, 1.807) is 14.0 Å². The van der Waals surface area contributed by atoms with Crippen molar-refractivity contribution < 1.29 is 19.1 Å². The first-order valence-electron chi connectivity index (χ1n) is 11.6. The molecule has 2 amide bonds. The van der Waals surface area contributed by atoms with Crippen LogP contribution in [0.2, 0.25) is 0 Å². The topological polar surface area (TPSA) is 83.1 Å². The number of aryl methyl sites for hydroxylation is 1. The van der Waals surface area contributed by atoms with Crippen LogP contribution in [0.15, 0.2) is 59.8 Å². The third-order valence-corrected chi connectivity index (χ3v) is 6.25. The molecule has 1 saturated heterocycles. The fourth-order valence-corrected chi connectivity index (χ4v) is 4.38. The molecule has 8 heteroatoms. The van der Waals surface area contributed by atoms with Crippen LogP contribution in [0.3, 0.4) is 0 Å². The molecule has 4 rings (SSSR count). The first-order chi connectivity index (χ1) is 16.5. The Balaban J connectivity index is 1.54. The Morgan fingerprint density at radius 1 is 1.03 bits per heavy atom. The molecule has 2 aliphatic rings. The van der Waals surface area contributed by atoms with Crippen LogP contribution in [0.25, 0.3) is 0 Å². The molecule has 0 aromatic heterocycles. The van der Waals surface area contributed by atoms with E-state index in [1.807, 2.05) is 24.3 Å². The fourth-order valence-electron chi connectivity index (χ4n) is 4.38. The fraction of sp³-hybridized carbons (Fsp3) is 0.385. The number of piperazine rings is 1. The normalized spacial score (nSPS) is 18.9. The first kappa shape index (κ1) is 23.6. The molecular formula is C26H32N4O4. The summed E-state index contributed by atoms with van der Waals surface area (Å²) in [7, 11) is 1.60. The highest BCUT2D eigenvalue weighted by molar-refractivity contribution is 5.95. The quantitative estimate of drug-likeness (QED) is 0.613. The van der Waals surface area contributed by atoms with Gasteiger partial charge in [0.15, 0.2) is 0 Å². The van der Waals surface area contributed by atoms with E-state index >= 15 is 0 Å². The molecule has 8 nitrogen and oxygen atoms in total. The molecule has 180 valence electrons. The van der Waals surface area contributed by atoms with E-state index in [-0.39, 0.29) is 12.6 Å². The summed E-state index contributed by atoms with van der Waals surface area (Å²) in [6.07, 6.45) is 0. The first-order valence-corrected chi connectivity index (χ1v) is 11.6. The maximum absolute atomic E-state index is 13.0. The van der Waals surface area contributed by atoms with E-state index < -0.39 is 12.0 Å². The minimum absolute atomic E-state index is 0.258. The zero-order valence-corrected chi connectivity index (χ0v) is 20.0. The molecular weight excluding hydrogens is 432 g/mol. The molecule has 2 aromatic rings. The molecule has 0 bridgehead atoms. The number of anilines is 1. The third-order valence-electron chi connectivity index (χ3n) is 6.25. The smallest absolute Gasteiger partial charge is 0.338 e. The summed E-state index contributed by atoms with van der Waals surface area (Å²) < 4.78 is 10.6. The largest absolute Gasteiger partial charge is 0.497 e. The summed E-state index contributed by atoms with van der Waals surface area (Å²) in [5, 5.41) is 5.76. The van der Waals surface area contributed by atoms with Gasteiger partial charge in [0.1, 0.15) is 5.75 Å². The number of esters is 1. The van der Waals surface area contributed by atoms with Crippen LogP contribution >= 0.6 is 0 Å². The van der Waals surface area contributed by atoms with Crippen molar-refractivity contribution in [1.82, 2.24) is 15.5 Å². The molecule has 1 fully saturated rings. The maximum Gasteiger partial charge on any atom is 0.338 e. The molecule has 0 unspecified atom stereocenters. The van der Waals surface area contributed by atoms with E-state index in [1.165, 1.54) is 11.3 Å². The van der Waals surface area contributed by atoms with Crippen molar-refractivity contribution in [2.45, 2.75) is 19.9 Å². The summed E-state index contributed by atoms with van der Waals surface area (Å²) in [6.45, 7) is 7.99. The second kappa shape index (κ2) is 10.6. The minimum atomic E-state index is -0.595. The Bertz CT molecular complexity index is 1040. The van der Waals surface area contributed by atoms with E-state index in [4.69, 9.17) is 9.47 Å². The van der Waals surface area contributed by atoms with E-state index in [0.717, 1.165) is 31.7 Å². The lowest BCUT2D eigenvalue weighted by atomic mass is 9.94. The van der Waals surface area contributed by atoms with Crippen LogP contribution < -0.4 is 20.3 Å². The van der Waals surface area contributed by atoms with Gasteiger partial charge in [-0.3, -0.25) is 4.90 Å². The van der Waals surface area contributed by atoms with Gasteiger partial charge in [0.25, 0.3) is 0 Å². The molecule has 2 heterocycles. The highest BCUT2D eigenvalue weighted by Gasteiger charge is 2.34. The molecule has 34 heavy (non-hydrogen) atoms. The highest BCUT2D eigenvalue weighted by Crippen LogP contribution is 2.29. The van der Waals surface area contributed by atoms with Crippen molar-refractivity contribution in [2.24, 2.45) is 0 Å². The number of carbonyl (C=O) groups excluding carboxylic acids is 2. The van der Waals surface area contributed by atoms with Gasteiger partial charge in [-0.2, -0.15) is 0 Å².